The fourth-order valence-corrected chi connectivity index (χ4v) is 3.17. The molecule has 4 heteroatoms. The van der Waals surface area contributed by atoms with Crippen LogP contribution in [0.15, 0.2) is 23.2 Å². The minimum Gasteiger partial charge on any atom is -0.356 e. The average Bonchev–Trinajstić information content (AvgIpc) is 2.72. The summed E-state index contributed by atoms with van der Waals surface area (Å²) in [6.07, 6.45) is 0.916. The van der Waals surface area contributed by atoms with Gasteiger partial charge >= 0.3 is 0 Å². The molecule has 3 nitrogen and oxygen atoms in total. The first kappa shape index (κ1) is 10.1. The molecule has 0 saturated heterocycles. The second-order valence-corrected chi connectivity index (χ2v) is 4.99. The van der Waals surface area contributed by atoms with Crippen molar-refractivity contribution in [3.8, 4) is 0 Å². The first-order valence-electron chi connectivity index (χ1n) is 6.33. The van der Waals surface area contributed by atoms with Crippen molar-refractivity contribution in [3.63, 3.8) is 0 Å². The number of fused-ring (bicyclic) bond motifs is 3. The fraction of sp³-hybridized carbons (Fsp3) is 0.357. The Balaban J connectivity index is 2.17. The highest BCUT2D eigenvalue weighted by atomic mass is 19.1. The molecule has 2 aliphatic heterocycles. The van der Waals surface area contributed by atoms with Crippen LogP contribution in [0.1, 0.15) is 11.3 Å². The summed E-state index contributed by atoms with van der Waals surface area (Å²) in [6.45, 7) is 2.54. The molecule has 2 aromatic rings. The van der Waals surface area contributed by atoms with Crippen LogP contribution >= 0.6 is 0 Å². The second-order valence-electron chi connectivity index (χ2n) is 4.99. The Morgan fingerprint density at radius 1 is 1.28 bits per heavy atom. The van der Waals surface area contributed by atoms with E-state index in [4.69, 9.17) is 0 Å². The van der Waals surface area contributed by atoms with Crippen LogP contribution in [-0.2, 0) is 13.0 Å². The van der Waals surface area contributed by atoms with Crippen LogP contribution in [0.4, 0.5) is 4.39 Å². The van der Waals surface area contributed by atoms with Gasteiger partial charge in [-0.05, 0) is 18.1 Å². The van der Waals surface area contributed by atoms with Gasteiger partial charge in [0.15, 0.2) is 0 Å². The van der Waals surface area contributed by atoms with Crippen LogP contribution in [-0.4, -0.2) is 35.4 Å². The summed E-state index contributed by atoms with van der Waals surface area (Å²) in [5.74, 6) is 0.906. The largest absolute Gasteiger partial charge is 0.356 e. The van der Waals surface area contributed by atoms with Gasteiger partial charge in [0, 0.05) is 32.1 Å². The van der Waals surface area contributed by atoms with Gasteiger partial charge in [-0.15, -0.1) is 0 Å². The Kier molecular flexibility index (Phi) is 1.88. The molecule has 0 saturated carbocycles. The molecule has 3 heterocycles. The van der Waals surface area contributed by atoms with Crippen LogP contribution < -0.4 is 0 Å². The van der Waals surface area contributed by atoms with Crippen molar-refractivity contribution in [3.05, 3.63) is 35.3 Å². The van der Waals surface area contributed by atoms with Crippen molar-refractivity contribution in [2.45, 2.75) is 13.0 Å². The Morgan fingerprint density at radius 2 is 2.17 bits per heavy atom. The van der Waals surface area contributed by atoms with E-state index >= 15 is 0 Å². The molecule has 0 spiro atoms. The molecule has 18 heavy (non-hydrogen) atoms. The number of para-hydroxylation sites is 1. The van der Waals surface area contributed by atoms with E-state index in [2.05, 4.69) is 21.5 Å². The topological polar surface area (TPSA) is 20.5 Å². The minimum absolute atomic E-state index is 0.120. The predicted molar refractivity (Wildman–Crippen MR) is 69.6 cm³/mol. The highest BCUT2D eigenvalue weighted by Gasteiger charge is 2.30. The fourth-order valence-electron chi connectivity index (χ4n) is 3.17. The number of nitrogens with zero attached hydrogens (tertiary/aromatic N) is 3. The lowest BCUT2D eigenvalue weighted by atomic mass is 10.0. The van der Waals surface area contributed by atoms with E-state index in [-0.39, 0.29) is 5.82 Å². The third-order valence-electron chi connectivity index (χ3n) is 3.99. The molecule has 0 fully saturated rings. The summed E-state index contributed by atoms with van der Waals surface area (Å²) in [4.78, 5) is 6.78. The van der Waals surface area contributed by atoms with Crippen LogP contribution in [0, 0.1) is 5.82 Å². The van der Waals surface area contributed by atoms with E-state index in [9.17, 15) is 4.39 Å². The lowest BCUT2D eigenvalue weighted by Gasteiger charge is -2.31. The number of likely N-dealkylation sites (N-methyl/N-ethyl adjacent to an activating group) is 1. The first-order valence-corrected chi connectivity index (χ1v) is 6.33. The zero-order chi connectivity index (χ0) is 12.3. The van der Waals surface area contributed by atoms with E-state index < -0.39 is 0 Å². The summed E-state index contributed by atoms with van der Waals surface area (Å²) in [7, 11) is 2.06. The number of rotatable bonds is 0. The van der Waals surface area contributed by atoms with Crippen molar-refractivity contribution < 1.29 is 4.39 Å². The summed E-state index contributed by atoms with van der Waals surface area (Å²) in [5.41, 5.74) is 3.15. The van der Waals surface area contributed by atoms with Gasteiger partial charge in [-0.3, -0.25) is 4.99 Å². The maximum atomic E-state index is 14.1. The standard InChI is InChI=1S/C14H14FN3/c1-17-7-8-18-12-9(3-2-4-11(12)15)10-5-6-16-14(17)13(10)18/h2-4H,5-8H2,1H3. The third kappa shape index (κ3) is 1.10. The van der Waals surface area contributed by atoms with Gasteiger partial charge < -0.3 is 9.47 Å². The van der Waals surface area contributed by atoms with Crippen LogP contribution in [0.3, 0.4) is 0 Å². The van der Waals surface area contributed by atoms with Crippen molar-refractivity contribution in [1.29, 1.82) is 0 Å². The van der Waals surface area contributed by atoms with Crippen LogP contribution in [0.25, 0.3) is 10.9 Å². The number of amidine groups is 1. The SMILES string of the molecule is CN1CCn2c3c(c4cccc(F)c42)CCN=C31. The molecule has 4 rings (SSSR count). The van der Waals surface area contributed by atoms with E-state index in [0.29, 0.717) is 0 Å². The molecule has 0 unspecified atom stereocenters. The lowest BCUT2D eigenvalue weighted by molar-refractivity contribution is 0.432. The number of hydrogen-bond acceptors (Lipinski definition) is 2. The zero-order valence-electron chi connectivity index (χ0n) is 10.3. The molecule has 92 valence electrons. The van der Waals surface area contributed by atoms with Gasteiger partial charge in [-0.25, -0.2) is 4.39 Å². The van der Waals surface area contributed by atoms with E-state index in [1.165, 1.54) is 5.56 Å². The number of aromatic nitrogens is 1. The Labute approximate surface area is 105 Å². The maximum Gasteiger partial charge on any atom is 0.148 e. The highest BCUT2D eigenvalue weighted by molar-refractivity contribution is 6.06. The normalized spacial score (nSPS) is 17.9. The van der Waals surface area contributed by atoms with E-state index in [1.54, 1.807) is 12.1 Å². The number of halogens is 1. The molecular weight excluding hydrogens is 229 g/mol. The maximum absolute atomic E-state index is 14.1. The minimum atomic E-state index is -0.120. The Morgan fingerprint density at radius 3 is 3.06 bits per heavy atom. The Hall–Kier alpha value is -1.84. The molecule has 0 aliphatic carbocycles. The zero-order valence-corrected chi connectivity index (χ0v) is 10.3. The number of aliphatic imine (C=N–C) groups is 1. The Bertz CT molecular complexity index is 684. The van der Waals surface area contributed by atoms with Gasteiger partial charge in [-0.1, -0.05) is 12.1 Å². The van der Waals surface area contributed by atoms with Crippen LogP contribution in [0.5, 0.6) is 0 Å². The van der Waals surface area contributed by atoms with E-state index in [1.807, 2.05) is 6.07 Å². The van der Waals surface area contributed by atoms with Crippen molar-refractivity contribution >= 4 is 16.7 Å². The van der Waals surface area contributed by atoms with Gasteiger partial charge in [0.1, 0.15) is 11.7 Å². The van der Waals surface area contributed by atoms with Crippen molar-refractivity contribution in [2.75, 3.05) is 20.1 Å². The summed E-state index contributed by atoms with van der Waals surface area (Å²) in [5, 5.41) is 1.06. The molecule has 0 N–H and O–H groups in total. The van der Waals surface area contributed by atoms with Gasteiger partial charge in [0.05, 0.1) is 11.2 Å². The molecule has 2 aliphatic rings. The molecular formula is C14H14FN3. The summed E-state index contributed by atoms with van der Waals surface area (Å²) < 4.78 is 16.2. The summed E-state index contributed by atoms with van der Waals surface area (Å²) >= 11 is 0. The molecule has 1 aromatic carbocycles. The summed E-state index contributed by atoms with van der Waals surface area (Å²) in [6, 6.07) is 5.38. The highest BCUT2D eigenvalue weighted by Crippen LogP contribution is 2.33. The third-order valence-corrected chi connectivity index (χ3v) is 3.99. The van der Waals surface area contributed by atoms with Crippen LogP contribution in [0.2, 0.25) is 0 Å². The van der Waals surface area contributed by atoms with Crippen molar-refractivity contribution in [2.24, 2.45) is 4.99 Å². The molecule has 0 amide bonds. The lowest BCUT2D eigenvalue weighted by Crippen LogP contribution is -2.39. The van der Waals surface area contributed by atoms with E-state index in [0.717, 1.165) is 48.5 Å². The molecule has 0 radical (unpaired) electrons. The quantitative estimate of drug-likeness (QED) is 0.693. The average molecular weight is 243 g/mol. The second kappa shape index (κ2) is 3.34. The number of benzene rings is 1. The first-order chi connectivity index (χ1) is 8.77. The van der Waals surface area contributed by atoms with Gasteiger partial charge in [0.25, 0.3) is 0 Å². The van der Waals surface area contributed by atoms with Gasteiger partial charge in [-0.2, -0.15) is 0 Å². The van der Waals surface area contributed by atoms with Gasteiger partial charge in [0.2, 0.25) is 0 Å². The monoisotopic (exact) mass is 243 g/mol. The predicted octanol–water partition coefficient (Wildman–Crippen LogP) is 2.03. The smallest absolute Gasteiger partial charge is 0.148 e. The number of hydrogen-bond donors (Lipinski definition) is 0. The van der Waals surface area contributed by atoms with Crippen molar-refractivity contribution in [1.82, 2.24) is 9.47 Å². The molecule has 0 atom stereocenters. The molecule has 1 aromatic heterocycles. The molecule has 0 bridgehead atoms.